The number of nitrogens with zero attached hydrogens (tertiary/aromatic N) is 1. The van der Waals surface area contributed by atoms with Gasteiger partial charge in [-0.3, -0.25) is 4.79 Å². The number of fused-ring (bicyclic) bond motifs is 2. The lowest BCUT2D eigenvalue weighted by Gasteiger charge is -2.42. The van der Waals surface area contributed by atoms with Gasteiger partial charge in [0.25, 0.3) is 0 Å². The highest BCUT2D eigenvalue weighted by Crippen LogP contribution is 2.22. The minimum Gasteiger partial charge on any atom is -0.369 e. The van der Waals surface area contributed by atoms with Crippen LogP contribution >= 0.6 is 0 Å². The molecule has 5 nitrogen and oxygen atoms in total. The van der Waals surface area contributed by atoms with Crippen molar-refractivity contribution >= 4 is 11.6 Å². The summed E-state index contributed by atoms with van der Waals surface area (Å²) in [5, 5.41) is 6.24. The first kappa shape index (κ1) is 14.4. The molecule has 0 aromatic heterocycles. The Bertz CT molecular complexity index is 477. The number of nitrogens with one attached hydrogen (secondary N) is 2. The molecule has 2 unspecified atom stereocenters. The Hall–Kier alpha value is -1.59. The third-order valence-electron chi connectivity index (χ3n) is 4.07. The molecule has 1 aromatic carbocycles. The van der Waals surface area contributed by atoms with Crippen LogP contribution in [0.4, 0.5) is 5.69 Å². The first-order valence-corrected chi connectivity index (χ1v) is 7.65. The number of anilines is 1. The number of carbonyl (C=O) groups excluding carboxylic acids is 1. The van der Waals surface area contributed by atoms with Gasteiger partial charge >= 0.3 is 0 Å². The molecular weight excluding hydrogens is 266 g/mol. The van der Waals surface area contributed by atoms with Gasteiger partial charge in [-0.2, -0.15) is 0 Å². The summed E-state index contributed by atoms with van der Waals surface area (Å²) in [6.45, 7) is 6.04. The smallest absolute Gasteiger partial charge is 0.216 e. The molecule has 2 N–H and O–H groups in total. The second-order valence-corrected chi connectivity index (χ2v) is 5.84. The second-order valence-electron chi connectivity index (χ2n) is 5.84. The van der Waals surface area contributed by atoms with Crippen molar-refractivity contribution in [3.63, 3.8) is 0 Å². The average Bonchev–Trinajstić information content (AvgIpc) is 2.47. The zero-order valence-electron chi connectivity index (χ0n) is 12.5. The van der Waals surface area contributed by atoms with E-state index in [1.54, 1.807) is 6.92 Å². The average molecular weight is 289 g/mol. The topological polar surface area (TPSA) is 53.6 Å². The molecular formula is C16H23N3O2. The fourth-order valence-corrected chi connectivity index (χ4v) is 3.02. The predicted molar refractivity (Wildman–Crippen MR) is 82.6 cm³/mol. The third kappa shape index (κ3) is 3.74. The van der Waals surface area contributed by atoms with Crippen molar-refractivity contribution in [3.05, 3.63) is 29.8 Å². The van der Waals surface area contributed by atoms with Gasteiger partial charge in [0.05, 0.1) is 12.2 Å². The molecule has 1 aromatic rings. The third-order valence-corrected chi connectivity index (χ3v) is 4.07. The van der Waals surface area contributed by atoms with Crippen LogP contribution in [0.15, 0.2) is 24.3 Å². The SMILES string of the molecule is CC(=O)NCCc1ccc(N2CC3CNCC(C2)O3)cc1. The van der Waals surface area contributed by atoms with Crippen molar-refractivity contribution < 1.29 is 9.53 Å². The van der Waals surface area contributed by atoms with Gasteiger partial charge in [0.15, 0.2) is 0 Å². The molecule has 5 heteroatoms. The Morgan fingerprint density at radius 3 is 2.57 bits per heavy atom. The van der Waals surface area contributed by atoms with Crippen LogP contribution in [0, 0.1) is 0 Å². The molecule has 0 radical (unpaired) electrons. The number of hydrogen-bond acceptors (Lipinski definition) is 4. The first-order valence-electron chi connectivity index (χ1n) is 7.65. The zero-order valence-corrected chi connectivity index (χ0v) is 12.5. The summed E-state index contributed by atoms with van der Waals surface area (Å²) in [4.78, 5) is 13.3. The minimum atomic E-state index is 0.0279. The quantitative estimate of drug-likeness (QED) is 0.849. The van der Waals surface area contributed by atoms with E-state index in [0.29, 0.717) is 18.8 Å². The molecule has 2 aliphatic rings. The Morgan fingerprint density at radius 2 is 1.95 bits per heavy atom. The summed E-state index contributed by atoms with van der Waals surface area (Å²) < 4.78 is 5.93. The fraction of sp³-hybridized carbons (Fsp3) is 0.562. The maximum atomic E-state index is 10.9. The molecule has 0 saturated carbocycles. The lowest BCUT2D eigenvalue weighted by Crippen LogP contribution is -2.58. The number of amides is 1. The number of morpholine rings is 2. The summed E-state index contributed by atoms with van der Waals surface area (Å²) >= 11 is 0. The lowest BCUT2D eigenvalue weighted by molar-refractivity contribution is -0.118. The molecule has 21 heavy (non-hydrogen) atoms. The van der Waals surface area contributed by atoms with E-state index in [9.17, 15) is 4.79 Å². The normalized spacial score (nSPS) is 24.7. The molecule has 2 saturated heterocycles. The van der Waals surface area contributed by atoms with E-state index in [0.717, 1.165) is 32.6 Å². The van der Waals surface area contributed by atoms with E-state index in [1.807, 2.05) is 0 Å². The minimum absolute atomic E-state index is 0.0279. The van der Waals surface area contributed by atoms with Crippen molar-refractivity contribution in [1.29, 1.82) is 0 Å². The molecule has 0 aliphatic carbocycles. The Kier molecular flexibility index (Phi) is 4.41. The number of ether oxygens (including phenoxy) is 1. The maximum absolute atomic E-state index is 10.9. The monoisotopic (exact) mass is 289 g/mol. The molecule has 114 valence electrons. The van der Waals surface area contributed by atoms with Crippen molar-refractivity contribution in [2.45, 2.75) is 25.6 Å². The zero-order chi connectivity index (χ0) is 14.7. The van der Waals surface area contributed by atoms with Crippen LogP contribution in [-0.4, -0.2) is 50.8 Å². The standard InChI is InChI=1S/C16H23N3O2/c1-12(20)18-7-6-13-2-4-14(5-3-13)19-10-15-8-17-9-16(11-19)21-15/h2-5,15-17H,6-11H2,1H3,(H,18,20). The van der Waals surface area contributed by atoms with Gasteiger partial charge in [-0.25, -0.2) is 0 Å². The second kappa shape index (κ2) is 6.45. The molecule has 2 atom stereocenters. The molecule has 2 bridgehead atoms. The lowest BCUT2D eigenvalue weighted by atomic mass is 10.1. The van der Waals surface area contributed by atoms with Gasteiger partial charge in [-0.05, 0) is 24.1 Å². The van der Waals surface area contributed by atoms with Crippen molar-refractivity contribution in [3.8, 4) is 0 Å². The fourth-order valence-electron chi connectivity index (χ4n) is 3.02. The number of carbonyl (C=O) groups is 1. The number of benzene rings is 1. The molecule has 2 fully saturated rings. The van der Waals surface area contributed by atoms with E-state index >= 15 is 0 Å². The maximum Gasteiger partial charge on any atom is 0.216 e. The summed E-state index contributed by atoms with van der Waals surface area (Å²) in [6, 6.07) is 8.66. The van der Waals surface area contributed by atoms with Crippen LogP contribution < -0.4 is 15.5 Å². The highest BCUT2D eigenvalue weighted by atomic mass is 16.5. The van der Waals surface area contributed by atoms with Crippen molar-refractivity contribution in [2.24, 2.45) is 0 Å². The van der Waals surface area contributed by atoms with Crippen LogP contribution in [0.1, 0.15) is 12.5 Å². The highest BCUT2D eigenvalue weighted by molar-refractivity contribution is 5.72. The van der Waals surface area contributed by atoms with Gasteiger partial charge < -0.3 is 20.3 Å². The molecule has 3 rings (SSSR count). The summed E-state index contributed by atoms with van der Waals surface area (Å²) in [6.07, 6.45) is 1.48. The van der Waals surface area contributed by atoms with Crippen LogP contribution in [0.3, 0.4) is 0 Å². The summed E-state index contributed by atoms with van der Waals surface area (Å²) in [5.41, 5.74) is 2.51. The predicted octanol–water partition coefficient (Wildman–Crippen LogP) is 0.542. The Labute approximate surface area is 125 Å². The van der Waals surface area contributed by atoms with E-state index in [4.69, 9.17) is 4.74 Å². The van der Waals surface area contributed by atoms with Crippen LogP contribution in [0.25, 0.3) is 0 Å². The van der Waals surface area contributed by atoms with Crippen LogP contribution in [0.2, 0.25) is 0 Å². The first-order chi connectivity index (χ1) is 10.2. The summed E-state index contributed by atoms with van der Waals surface area (Å²) in [5.74, 6) is 0.0279. The van der Waals surface area contributed by atoms with Crippen LogP contribution in [0.5, 0.6) is 0 Å². The molecule has 2 heterocycles. The molecule has 2 aliphatic heterocycles. The van der Waals surface area contributed by atoms with E-state index < -0.39 is 0 Å². The van der Waals surface area contributed by atoms with E-state index in [1.165, 1.54) is 11.3 Å². The van der Waals surface area contributed by atoms with Gasteiger partial charge in [0.2, 0.25) is 5.91 Å². The van der Waals surface area contributed by atoms with Crippen molar-refractivity contribution in [1.82, 2.24) is 10.6 Å². The Morgan fingerprint density at radius 1 is 1.29 bits per heavy atom. The van der Waals surface area contributed by atoms with Gasteiger partial charge in [0, 0.05) is 45.3 Å². The Balaban J connectivity index is 1.57. The molecule has 0 spiro atoms. The van der Waals surface area contributed by atoms with E-state index in [-0.39, 0.29) is 5.91 Å². The summed E-state index contributed by atoms with van der Waals surface area (Å²) in [7, 11) is 0. The van der Waals surface area contributed by atoms with E-state index in [2.05, 4.69) is 39.8 Å². The molecule has 1 amide bonds. The largest absolute Gasteiger partial charge is 0.369 e. The highest BCUT2D eigenvalue weighted by Gasteiger charge is 2.30. The van der Waals surface area contributed by atoms with Crippen molar-refractivity contribution in [2.75, 3.05) is 37.6 Å². The van der Waals surface area contributed by atoms with Crippen LogP contribution in [-0.2, 0) is 16.0 Å². The van der Waals surface area contributed by atoms with Gasteiger partial charge in [0.1, 0.15) is 0 Å². The number of rotatable bonds is 4. The van der Waals surface area contributed by atoms with Gasteiger partial charge in [-0.15, -0.1) is 0 Å². The van der Waals surface area contributed by atoms with Gasteiger partial charge in [-0.1, -0.05) is 12.1 Å². The number of hydrogen-bond donors (Lipinski definition) is 2.